The van der Waals surface area contributed by atoms with E-state index >= 15 is 0 Å². The number of phosphoric ester groups is 1. The summed E-state index contributed by atoms with van der Waals surface area (Å²) in [5, 5.41) is 3.05. The van der Waals surface area contributed by atoms with Gasteiger partial charge in [0.25, 0.3) is 0 Å². The summed E-state index contributed by atoms with van der Waals surface area (Å²) in [5.74, 6) is 0.0541. The summed E-state index contributed by atoms with van der Waals surface area (Å²) in [6.07, 6.45) is 22.1. The minimum Gasteiger partial charge on any atom is -0.330 e. The molecule has 0 radical (unpaired) electrons. The number of para-hydroxylation sites is 1. The van der Waals surface area contributed by atoms with Gasteiger partial charge >= 0.3 is 7.82 Å². The molecule has 1 unspecified atom stereocenters. The van der Waals surface area contributed by atoms with Crippen LogP contribution in [-0.2, 0) is 24.8 Å². The second kappa shape index (κ2) is 24.1. The number of amides is 1. The van der Waals surface area contributed by atoms with E-state index in [4.69, 9.17) is 14.8 Å². The maximum absolute atomic E-state index is 12.0. The van der Waals surface area contributed by atoms with E-state index < -0.39 is 7.82 Å². The van der Waals surface area contributed by atoms with E-state index in [1.807, 2.05) is 33.3 Å². The average molecular weight is 613 g/mol. The van der Waals surface area contributed by atoms with Gasteiger partial charge in [0.15, 0.2) is 0 Å². The molecular weight excluding hydrogens is 549 g/mol. The molecule has 0 aliphatic rings. The molecule has 9 heteroatoms. The fraction of sp³-hybridized carbons (Fsp3) is 0.788. The molecule has 42 heavy (non-hydrogen) atoms. The maximum atomic E-state index is 12.0. The van der Waals surface area contributed by atoms with E-state index in [-0.39, 0.29) is 19.1 Å². The van der Waals surface area contributed by atoms with E-state index in [1.54, 1.807) is 0 Å². The fourth-order valence-electron chi connectivity index (χ4n) is 4.88. The molecule has 1 rings (SSSR count). The number of unbranched alkanes of at least 4 members (excludes halogenated alkanes) is 15. The number of carbonyl (C=O) groups excluding carboxylic acids is 1. The van der Waals surface area contributed by atoms with E-state index in [0.29, 0.717) is 24.0 Å². The molecule has 0 spiro atoms. The highest BCUT2D eigenvalue weighted by Gasteiger charge is 2.22. The van der Waals surface area contributed by atoms with Crippen LogP contribution in [0.2, 0.25) is 0 Å². The molecule has 8 nitrogen and oxygen atoms in total. The number of quaternary nitrogens is 1. The Morgan fingerprint density at radius 3 is 1.76 bits per heavy atom. The van der Waals surface area contributed by atoms with Crippen LogP contribution in [-0.4, -0.2) is 62.7 Å². The normalized spacial score (nSPS) is 13.3. The SMILES string of the molecule is C[N+](C)(C)CCOP(=O)(O)OCCCCCCCCCCCCCCCCCCc1ccccc1NC(=O)CCCN. The third-order valence-corrected chi connectivity index (χ3v) is 8.53. The maximum Gasteiger partial charge on any atom is 0.472 e. The van der Waals surface area contributed by atoms with Gasteiger partial charge in [-0.2, -0.15) is 0 Å². The van der Waals surface area contributed by atoms with Crippen LogP contribution in [0.1, 0.15) is 121 Å². The molecule has 1 amide bonds. The lowest BCUT2D eigenvalue weighted by Crippen LogP contribution is -2.37. The summed E-state index contributed by atoms with van der Waals surface area (Å²) >= 11 is 0. The van der Waals surface area contributed by atoms with E-state index in [9.17, 15) is 14.3 Å². The molecule has 1 atom stereocenters. The molecule has 0 heterocycles. The van der Waals surface area contributed by atoms with Gasteiger partial charge in [0.2, 0.25) is 5.91 Å². The first kappa shape index (κ1) is 38.7. The topological polar surface area (TPSA) is 111 Å². The predicted molar refractivity (Wildman–Crippen MR) is 176 cm³/mol. The first-order valence-electron chi connectivity index (χ1n) is 16.6. The molecule has 0 saturated heterocycles. The zero-order valence-corrected chi connectivity index (χ0v) is 28.0. The number of nitrogens with zero attached hydrogens (tertiary/aromatic N) is 1. The third kappa shape index (κ3) is 23.2. The van der Waals surface area contributed by atoms with Crippen molar-refractivity contribution in [2.24, 2.45) is 5.73 Å². The first-order chi connectivity index (χ1) is 20.1. The minimum atomic E-state index is -3.91. The Morgan fingerprint density at radius 2 is 1.24 bits per heavy atom. The summed E-state index contributed by atoms with van der Waals surface area (Å²) in [6, 6.07) is 8.16. The van der Waals surface area contributed by atoms with Gasteiger partial charge in [-0.1, -0.05) is 108 Å². The number of likely N-dealkylation sites (N-methyl/N-ethyl adjacent to an activating group) is 1. The fourth-order valence-corrected chi connectivity index (χ4v) is 5.62. The molecule has 0 fully saturated rings. The molecule has 1 aromatic carbocycles. The molecule has 0 aliphatic heterocycles. The quantitative estimate of drug-likeness (QED) is 0.0503. The van der Waals surface area contributed by atoms with Gasteiger partial charge < -0.3 is 20.4 Å². The number of aryl methyl sites for hydroxylation is 1. The van der Waals surface area contributed by atoms with Crippen molar-refractivity contribution in [3.8, 4) is 0 Å². The van der Waals surface area contributed by atoms with Gasteiger partial charge in [0, 0.05) is 12.1 Å². The van der Waals surface area contributed by atoms with Crippen LogP contribution >= 0.6 is 7.82 Å². The second-order valence-corrected chi connectivity index (χ2v) is 14.1. The van der Waals surface area contributed by atoms with Gasteiger partial charge in [0.1, 0.15) is 13.2 Å². The summed E-state index contributed by atoms with van der Waals surface area (Å²) in [7, 11) is 2.13. The average Bonchev–Trinajstić information content (AvgIpc) is 2.93. The van der Waals surface area contributed by atoms with Gasteiger partial charge in [-0.3, -0.25) is 13.8 Å². The Hall–Kier alpha value is -1.28. The Kier molecular flexibility index (Phi) is 22.2. The van der Waals surface area contributed by atoms with Gasteiger partial charge in [-0.05, 0) is 43.9 Å². The van der Waals surface area contributed by atoms with Gasteiger partial charge in [-0.15, -0.1) is 0 Å². The zero-order valence-electron chi connectivity index (χ0n) is 27.1. The van der Waals surface area contributed by atoms with Crippen molar-refractivity contribution in [2.45, 2.75) is 122 Å². The van der Waals surface area contributed by atoms with Crippen LogP contribution in [0.4, 0.5) is 5.69 Å². The van der Waals surface area contributed by atoms with Crippen molar-refractivity contribution in [3.05, 3.63) is 29.8 Å². The summed E-state index contributed by atoms with van der Waals surface area (Å²) in [4.78, 5) is 21.8. The standard InChI is InChI=1S/C33H62N3O5P/c1-36(2,3)28-30-41-42(38,39)40-29-21-17-15-13-11-9-7-5-4-6-8-10-12-14-16-18-23-31-24-19-20-25-32(31)35-33(37)26-22-27-34/h19-20,24-25H,4-18,21-23,26-30,34H2,1-3H3,(H-,35,37,38,39)/p+1. The molecule has 0 aromatic heterocycles. The van der Waals surface area contributed by atoms with Crippen molar-refractivity contribution in [1.29, 1.82) is 0 Å². The largest absolute Gasteiger partial charge is 0.472 e. The molecule has 0 aliphatic carbocycles. The van der Waals surface area contributed by atoms with Crippen LogP contribution in [0.3, 0.4) is 0 Å². The van der Waals surface area contributed by atoms with E-state index in [0.717, 1.165) is 37.8 Å². The van der Waals surface area contributed by atoms with Crippen LogP contribution in [0.15, 0.2) is 24.3 Å². The Bertz CT molecular complexity index is 862. The number of hydrogen-bond donors (Lipinski definition) is 3. The summed E-state index contributed by atoms with van der Waals surface area (Å²) < 4.78 is 22.7. The van der Waals surface area contributed by atoms with E-state index in [1.165, 1.54) is 89.0 Å². The molecule has 0 saturated carbocycles. The first-order valence-corrected chi connectivity index (χ1v) is 18.1. The Morgan fingerprint density at radius 1 is 0.762 bits per heavy atom. The summed E-state index contributed by atoms with van der Waals surface area (Å²) in [6.45, 7) is 1.70. The predicted octanol–water partition coefficient (Wildman–Crippen LogP) is 7.99. The highest BCUT2D eigenvalue weighted by atomic mass is 31.2. The molecule has 244 valence electrons. The van der Waals surface area contributed by atoms with Crippen LogP contribution in [0.25, 0.3) is 0 Å². The molecular formula is C33H63N3O5P+. The Labute approximate surface area is 257 Å². The second-order valence-electron chi connectivity index (χ2n) is 12.7. The smallest absolute Gasteiger partial charge is 0.330 e. The van der Waals surface area contributed by atoms with Gasteiger partial charge in [-0.25, -0.2) is 4.57 Å². The van der Waals surface area contributed by atoms with Crippen LogP contribution < -0.4 is 11.1 Å². The highest BCUT2D eigenvalue weighted by Crippen LogP contribution is 2.43. The Balaban J connectivity index is 1.87. The highest BCUT2D eigenvalue weighted by molar-refractivity contribution is 7.47. The lowest BCUT2D eigenvalue weighted by atomic mass is 10.0. The zero-order chi connectivity index (χ0) is 30.9. The number of nitrogens with two attached hydrogens (primary N) is 1. The number of benzene rings is 1. The van der Waals surface area contributed by atoms with Crippen molar-refractivity contribution in [1.82, 2.24) is 0 Å². The van der Waals surface area contributed by atoms with Crippen LogP contribution in [0.5, 0.6) is 0 Å². The lowest BCUT2D eigenvalue weighted by Gasteiger charge is -2.24. The van der Waals surface area contributed by atoms with E-state index in [2.05, 4.69) is 17.4 Å². The van der Waals surface area contributed by atoms with Crippen molar-refractivity contribution in [3.63, 3.8) is 0 Å². The van der Waals surface area contributed by atoms with Crippen molar-refractivity contribution in [2.75, 3.05) is 52.8 Å². The number of anilines is 1. The number of carbonyl (C=O) groups is 1. The monoisotopic (exact) mass is 612 g/mol. The number of rotatable bonds is 28. The summed E-state index contributed by atoms with van der Waals surface area (Å²) in [5.41, 5.74) is 7.69. The molecule has 4 N–H and O–H groups in total. The van der Waals surface area contributed by atoms with Gasteiger partial charge in [0.05, 0.1) is 27.7 Å². The van der Waals surface area contributed by atoms with Crippen molar-refractivity contribution < 1.29 is 27.8 Å². The number of hydrogen-bond acceptors (Lipinski definition) is 5. The number of phosphoric acid groups is 1. The molecule has 0 bridgehead atoms. The lowest BCUT2D eigenvalue weighted by molar-refractivity contribution is -0.870. The third-order valence-electron chi connectivity index (χ3n) is 7.51. The molecule has 1 aromatic rings. The van der Waals surface area contributed by atoms with Crippen LogP contribution in [0, 0.1) is 0 Å². The number of nitrogens with one attached hydrogen (secondary N) is 1. The van der Waals surface area contributed by atoms with Crippen molar-refractivity contribution >= 4 is 19.4 Å². The minimum absolute atomic E-state index is 0.0541.